The number of anilines is 1. The molecule has 0 aliphatic heterocycles. The van der Waals surface area contributed by atoms with Gasteiger partial charge in [-0.25, -0.2) is 0 Å². The van der Waals surface area contributed by atoms with Crippen LogP contribution in [-0.2, 0) is 33.9 Å². The Morgan fingerprint density at radius 3 is 2.34 bits per heavy atom. The Balaban J connectivity index is 1.52. The van der Waals surface area contributed by atoms with Gasteiger partial charge in [0.1, 0.15) is 11.7 Å². The van der Waals surface area contributed by atoms with Crippen LogP contribution in [0.3, 0.4) is 0 Å². The highest BCUT2D eigenvalue weighted by Crippen LogP contribution is 2.52. The van der Waals surface area contributed by atoms with Gasteiger partial charge >= 0.3 is 0 Å². The quantitative estimate of drug-likeness (QED) is 0.265. The third kappa shape index (κ3) is 4.77. The lowest BCUT2D eigenvalue weighted by molar-refractivity contribution is -0.190. The number of amides is 1. The number of fused-ring (bicyclic) bond motifs is 3. The van der Waals surface area contributed by atoms with Gasteiger partial charge in [0.15, 0.2) is 23.0 Å². The molecule has 2 aromatic rings. The number of carbonyl (C=O) groups excluding carboxylic acids is 4. The molecule has 6 N–H and O–H groups in total. The number of aliphatic hydroxyl groups excluding tert-OH is 1. The molecule has 5 rings (SSSR count). The maximum absolute atomic E-state index is 14.2. The zero-order valence-electron chi connectivity index (χ0n) is 25.1. The molecule has 12 heteroatoms. The summed E-state index contributed by atoms with van der Waals surface area (Å²) < 4.78 is 0. The first-order valence-corrected chi connectivity index (χ1v) is 14.5. The highest BCUT2D eigenvalue weighted by atomic mass is 16.3. The molecule has 0 bridgehead atoms. The van der Waals surface area contributed by atoms with E-state index in [0.717, 1.165) is 5.56 Å². The standard InChI is InChI=1S/C32H37N5O7/c1-36(2)21-11-18(14-35-13-16-7-5-15(12-33)6-8-16)26(38)23-19(21)9-17-10-20-25(37(3)4)28(40)24(31(34)43)30(42)32(20,44)29(41)22(17)27(23)39/h5-8,11,17,20,22,24-25,28,35,38,40,44H,9-10,13-14H2,1-4H3,(H2,34,43)/t17-,20-,22?,24?,25?,28?,32-/m1/s1. The van der Waals surface area contributed by atoms with Gasteiger partial charge in [-0.2, -0.15) is 5.26 Å². The van der Waals surface area contributed by atoms with Crippen molar-refractivity contribution in [3.63, 3.8) is 0 Å². The van der Waals surface area contributed by atoms with Crippen LogP contribution in [0.1, 0.15) is 39.0 Å². The monoisotopic (exact) mass is 603 g/mol. The van der Waals surface area contributed by atoms with Crippen LogP contribution in [0.15, 0.2) is 30.3 Å². The average Bonchev–Trinajstić information content (AvgIpc) is 2.96. The lowest BCUT2D eigenvalue weighted by Crippen LogP contribution is -2.75. The Morgan fingerprint density at radius 1 is 1.11 bits per heavy atom. The van der Waals surface area contributed by atoms with E-state index in [1.807, 2.05) is 31.1 Å². The Morgan fingerprint density at radius 2 is 1.77 bits per heavy atom. The number of rotatable bonds is 7. The van der Waals surface area contributed by atoms with Crippen LogP contribution in [-0.4, -0.2) is 89.4 Å². The van der Waals surface area contributed by atoms with E-state index in [1.165, 1.54) is 0 Å². The molecular weight excluding hydrogens is 566 g/mol. The zero-order valence-corrected chi connectivity index (χ0v) is 25.1. The molecule has 0 saturated heterocycles. The Kier molecular flexibility index (Phi) is 8.11. The van der Waals surface area contributed by atoms with Crippen LogP contribution in [0, 0.1) is 35.0 Å². The molecule has 0 radical (unpaired) electrons. The summed E-state index contributed by atoms with van der Waals surface area (Å²) in [5, 5.41) is 46.5. The van der Waals surface area contributed by atoms with Gasteiger partial charge in [-0.1, -0.05) is 12.1 Å². The summed E-state index contributed by atoms with van der Waals surface area (Å²) in [5.74, 6) is -9.31. The number of phenols is 1. The molecule has 2 saturated carbocycles. The molecule has 3 aliphatic rings. The summed E-state index contributed by atoms with van der Waals surface area (Å²) in [5.41, 5.74) is 5.84. The summed E-state index contributed by atoms with van der Waals surface area (Å²) in [6, 6.07) is 9.95. The molecule has 44 heavy (non-hydrogen) atoms. The molecule has 2 fully saturated rings. The Hall–Kier alpha value is -4.15. The minimum Gasteiger partial charge on any atom is -0.507 e. The van der Waals surface area contributed by atoms with E-state index in [-0.39, 0.29) is 30.7 Å². The van der Waals surface area contributed by atoms with Crippen LogP contribution < -0.4 is 16.0 Å². The molecule has 0 heterocycles. The van der Waals surface area contributed by atoms with E-state index < -0.39 is 64.7 Å². The Bertz CT molecular complexity index is 1580. The maximum atomic E-state index is 14.2. The van der Waals surface area contributed by atoms with Crippen molar-refractivity contribution in [3.8, 4) is 11.8 Å². The van der Waals surface area contributed by atoms with Crippen LogP contribution in [0.5, 0.6) is 5.75 Å². The largest absolute Gasteiger partial charge is 0.507 e. The van der Waals surface area contributed by atoms with E-state index in [9.17, 15) is 34.5 Å². The predicted molar refractivity (Wildman–Crippen MR) is 158 cm³/mol. The highest BCUT2D eigenvalue weighted by molar-refractivity contribution is 6.25. The molecule has 4 unspecified atom stereocenters. The molecule has 0 spiro atoms. The lowest BCUT2D eigenvalue weighted by Gasteiger charge is -2.55. The first-order valence-electron chi connectivity index (χ1n) is 14.5. The van der Waals surface area contributed by atoms with Crippen molar-refractivity contribution in [1.29, 1.82) is 5.26 Å². The topological polar surface area (TPSA) is 197 Å². The average molecular weight is 604 g/mol. The van der Waals surface area contributed by atoms with E-state index in [4.69, 9.17) is 11.0 Å². The number of carbonyl (C=O) groups is 4. The lowest BCUT2D eigenvalue weighted by atomic mass is 9.52. The number of hydrogen-bond acceptors (Lipinski definition) is 11. The number of ketones is 3. The summed E-state index contributed by atoms with van der Waals surface area (Å²) in [4.78, 5) is 57.4. The van der Waals surface area contributed by atoms with Gasteiger partial charge < -0.3 is 36.2 Å². The highest BCUT2D eigenvalue weighted by Gasteiger charge is 2.69. The van der Waals surface area contributed by atoms with E-state index >= 15 is 0 Å². The molecule has 3 aliphatic carbocycles. The SMILES string of the molecule is CN(C)c1cc(CNCc2ccc(C#N)cc2)c(O)c2c1C[C@@H]1C[C@@H]3C(N(C)C)C(O)C(C(N)=O)C(=O)[C@]3(O)C(=O)C1C2=O. The molecule has 7 atom stereocenters. The van der Waals surface area contributed by atoms with Gasteiger partial charge in [0.05, 0.1) is 29.2 Å². The maximum Gasteiger partial charge on any atom is 0.230 e. The van der Waals surface area contributed by atoms with Gasteiger partial charge in [-0.3, -0.25) is 19.2 Å². The number of nitrogens with zero attached hydrogens (tertiary/aromatic N) is 3. The molecular formula is C32H37N5O7. The summed E-state index contributed by atoms with van der Waals surface area (Å²) >= 11 is 0. The minimum absolute atomic E-state index is 0.0260. The number of hydrogen-bond donors (Lipinski definition) is 5. The van der Waals surface area contributed by atoms with Crippen molar-refractivity contribution in [1.82, 2.24) is 10.2 Å². The van der Waals surface area contributed by atoms with E-state index in [1.54, 1.807) is 37.2 Å². The number of nitriles is 1. The van der Waals surface area contributed by atoms with Gasteiger partial charge in [-0.15, -0.1) is 0 Å². The third-order valence-electron chi connectivity index (χ3n) is 9.55. The van der Waals surface area contributed by atoms with Crippen molar-refractivity contribution < 1.29 is 34.5 Å². The molecule has 1 amide bonds. The molecule has 0 aromatic heterocycles. The van der Waals surface area contributed by atoms with Crippen molar-refractivity contribution >= 4 is 28.9 Å². The summed E-state index contributed by atoms with van der Waals surface area (Å²) in [6.07, 6.45) is -1.28. The third-order valence-corrected chi connectivity index (χ3v) is 9.55. The first-order chi connectivity index (χ1) is 20.7. The van der Waals surface area contributed by atoms with Crippen molar-refractivity contribution in [3.05, 3.63) is 58.1 Å². The number of phenolic OH excluding ortho intramolecular Hbond substituents is 1. The normalized spacial score (nSPS) is 29.5. The number of aromatic hydroxyl groups is 1. The van der Waals surface area contributed by atoms with Crippen LogP contribution in [0.25, 0.3) is 0 Å². The second-order valence-electron chi connectivity index (χ2n) is 12.5. The summed E-state index contributed by atoms with van der Waals surface area (Å²) in [7, 11) is 6.84. The predicted octanol–water partition coefficient (Wildman–Crippen LogP) is -0.114. The fourth-order valence-electron chi connectivity index (χ4n) is 7.50. The van der Waals surface area contributed by atoms with Crippen LogP contribution in [0.2, 0.25) is 0 Å². The summed E-state index contributed by atoms with van der Waals surface area (Å²) in [6.45, 7) is 0.607. The van der Waals surface area contributed by atoms with Crippen LogP contribution in [0.4, 0.5) is 5.69 Å². The Labute approximate surface area is 255 Å². The number of aliphatic hydroxyl groups is 2. The second kappa shape index (κ2) is 11.4. The van der Waals surface area contributed by atoms with Gasteiger partial charge in [-0.05, 0) is 62.2 Å². The van der Waals surface area contributed by atoms with Gasteiger partial charge in [0, 0.05) is 50.4 Å². The molecule has 232 valence electrons. The number of nitrogens with two attached hydrogens (primary N) is 1. The van der Waals surface area contributed by atoms with E-state index in [2.05, 4.69) is 11.4 Å². The zero-order chi connectivity index (χ0) is 32.2. The van der Waals surface area contributed by atoms with Crippen LogP contribution >= 0.6 is 0 Å². The van der Waals surface area contributed by atoms with Crippen molar-refractivity contribution in [2.45, 2.75) is 43.7 Å². The number of likely N-dealkylation sites (N-methyl/N-ethyl adjacent to an activating group) is 1. The van der Waals surface area contributed by atoms with Crippen molar-refractivity contribution in [2.75, 3.05) is 33.1 Å². The first kappa shape index (κ1) is 31.3. The number of primary amides is 1. The number of benzene rings is 2. The number of nitrogens with one attached hydrogen (secondary N) is 1. The molecule has 2 aromatic carbocycles. The van der Waals surface area contributed by atoms with Gasteiger partial charge in [0.2, 0.25) is 5.91 Å². The fraction of sp³-hybridized carbons (Fsp3) is 0.469. The molecule has 12 nitrogen and oxygen atoms in total. The number of Topliss-reactive ketones (excluding diaryl/α,β-unsaturated/α-hetero) is 3. The minimum atomic E-state index is -2.71. The van der Waals surface area contributed by atoms with E-state index in [0.29, 0.717) is 28.9 Å². The fourth-order valence-corrected chi connectivity index (χ4v) is 7.50. The van der Waals surface area contributed by atoms with Crippen molar-refractivity contribution in [2.24, 2.45) is 29.4 Å². The second-order valence-corrected chi connectivity index (χ2v) is 12.5. The smallest absolute Gasteiger partial charge is 0.230 e. The van der Waals surface area contributed by atoms with Gasteiger partial charge in [0.25, 0.3) is 0 Å².